The molecule has 2 heteroatoms. The molecule has 0 radical (unpaired) electrons. The van der Waals surface area contributed by atoms with Crippen LogP contribution in [0.1, 0.15) is 30.9 Å². The third kappa shape index (κ3) is 1.18. The molecule has 0 saturated carbocycles. The first-order valence-corrected chi connectivity index (χ1v) is 4.64. The summed E-state index contributed by atoms with van der Waals surface area (Å²) in [4.78, 5) is 0. The van der Waals surface area contributed by atoms with E-state index in [1.54, 1.807) is 6.26 Å². The van der Waals surface area contributed by atoms with Crippen molar-refractivity contribution in [3.05, 3.63) is 35.6 Å². The van der Waals surface area contributed by atoms with Crippen LogP contribution >= 0.6 is 0 Å². The van der Waals surface area contributed by atoms with Gasteiger partial charge in [-0.05, 0) is 23.6 Å². The average molecular weight is 185 g/mol. The molecule has 0 aliphatic rings. The molecule has 0 unspecified atom stereocenters. The molecule has 70 valence electrons. The first-order chi connectivity index (χ1) is 6.74. The van der Waals surface area contributed by atoms with Gasteiger partial charge in [-0.3, -0.25) is 0 Å². The lowest BCUT2D eigenvalue weighted by Gasteiger charge is -2.06. The Morgan fingerprint density at radius 2 is 2.07 bits per heavy atom. The van der Waals surface area contributed by atoms with Crippen LogP contribution in [0.25, 0.3) is 11.0 Å². The SMILES string of the molecule is CC(C)c1ccc(C#N)c2occc12. The lowest BCUT2D eigenvalue weighted by molar-refractivity contribution is 0.614. The second kappa shape index (κ2) is 3.19. The minimum Gasteiger partial charge on any atom is -0.463 e. The highest BCUT2D eigenvalue weighted by molar-refractivity contribution is 5.86. The van der Waals surface area contributed by atoms with Crippen LogP contribution in [-0.2, 0) is 0 Å². The largest absolute Gasteiger partial charge is 0.463 e. The smallest absolute Gasteiger partial charge is 0.151 e. The van der Waals surface area contributed by atoms with Crippen molar-refractivity contribution in [2.75, 3.05) is 0 Å². The second-order valence-electron chi connectivity index (χ2n) is 3.63. The van der Waals surface area contributed by atoms with Crippen LogP contribution < -0.4 is 0 Å². The van der Waals surface area contributed by atoms with Crippen LogP contribution in [0, 0.1) is 11.3 Å². The Bertz CT molecular complexity index is 503. The molecule has 0 fully saturated rings. The van der Waals surface area contributed by atoms with Gasteiger partial charge in [-0.1, -0.05) is 19.9 Å². The number of hydrogen-bond donors (Lipinski definition) is 0. The summed E-state index contributed by atoms with van der Waals surface area (Å²) in [5, 5.41) is 9.93. The summed E-state index contributed by atoms with van der Waals surface area (Å²) in [7, 11) is 0. The lowest BCUT2D eigenvalue weighted by atomic mass is 9.98. The van der Waals surface area contributed by atoms with Crippen LogP contribution in [0.15, 0.2) is 28.9 Å². The molecule has 0 aliphatic heterocycles. The molecule has 1 aromatic carbocycles. The van der Waals surface area contributed by atoms with Gasteiger partial charge in [0, 0.05) is 5.39 Å². The summed E-state index contributed by atoms with van der Waals surface area (Å²) >= 11 is 0. The van der Waals surface area contributed by atoms with Gasteiger partial charge in [0.15, 0.2) is 5.58 Å². The molecule has 14 heavy (non-hydrogen) atoms. The van der Waals surface area contributed by atoms with E-state index < -0.39 is 0 Å². The van der Waals surface area contributed by atoms with E-state index in [2.05, 4.69) is 19.9 Å². The molecule has 0 saturated heterocycles. The van der Waals surface area contributed by atoms with Gasteiger partial charge < -0.3 is 4.42 Å². The Balaban J connectivity index is 2.80. The number of rotatable bonds is 1. The molecular formula is C12H11NO. The molecule has 0 atom stereocenters. The Labute approximate surface area is 82.8 Å². The van der Waals surface area contributed by atoms with Gasteiger partial charge in [0.05, 0.1) is 11.8 Å². The summed E-state index contributed by atoms with van der Waals surface area (Å²) < 4.78 is 5.31. The van der Waals surface area contributed by atoms with E-state index in [1.807, 2.05) is 18.2 Å². The average Bonchev–Trinajstić information content (AvgIpc) is 2.64. The summed E-state index contributed by atoms with van der Waals surface area (Å²) in [5.74, 6) is 0.447. The van der Waals surface area contributed by atoms with Crippen molar-refractivity contribution in [1.82, 2.24) is 0 Å². The molecule has 0 bridgehead atoms. The van der Waals surface area contributed by atoms with Crippen LogP contribution in [0.3, 0.4) is 0 Å². The maximum Gasteiger partial charge on any atom is 0.151 e. The molecule has 2 rings (SSSR count). The van der Waals surface area contributed by atoms with E-state index in [1.165, 1.54) is 5.56 Å². The van der Waals surface area contributed by atoms with Crippen molar-refractivity contribution in [2.45, 2.75) is 19.8 Å². The topological polar surface area (TPSA) is 36.9 Å². The molecule has 1 heterocycles. The molecule has 2 nitrogen and oxygen atoms in total. The fourth-order valence-electron chi connectivity index (χ4n) is 1.68. The number of nitrogens with zero attached hydrogens (tertiary/aromatic N) is 1. The molecule has 0 N–H and O–H groups in total. The number of nitriles is 1. The Kier molecular flexibility index (Phi) is 2.01. The van der Waals surface area contributed by atoms with Crippen LogP contribution in [0.5, 0.6) is 0 Å². The standard InChI is InChI=1S/C12H11NO/c1-8(2)10-4-3-9(7-13)12-11(10)5-6-14-12/h3-6,8H,1-2H3. The summed E-state index contributed by atoms with van der Waals surface area (Å²) in [5.41, 5.74) is 2.54. The highest BCUT2D eigenvalue weighted by Gasteiger charge is 2.10. The first kappa shape index (κ1) is 8.83. The van der Waals surface area contributed by atoms with Crippen molar-refractivity contribution in [3.8, 4) is 6.07 Å². The molecule has 0 amide bonds. The number of hydrogen-bond acceptors (Lipinski definition) is 2. The van der Waals surface area contributed by atoms with Crippen molar-refractivity contribution >= 4 is 11.0 Å². The fourth-order valence-corrected chi connectivity index (χ4v) is 1.68. The molecule has 1 aromatic heterocycles. The van der Waals surface area contributed by atoms with E-state index >= 15 is 0 Å². The van der Waals surface area contributed by atoms with Gasteiger partial charge in [-0.2, -0.15) is 5.26 Å². The van der Waals surface area contributed by atoms with Gasteiger partial charge >= 0.3 is 0 Å². The van der Waals surface area contributed by atoms with Gasteiger partial charge in [0.1, 0.15) is 6.07 Å². The summed E-state index contributed by atoms with van der Waals surface area (Å²) in [6.07, 6.45) is 1.64. The first-order valence-electron chi connectivity index (χ1n) is 4.64. The third-order valence-corrected chi connectivity index (χ3v) is 2.39. The van der Waals surface area contributed by atoms with E-state index in [4.69, 9.17) is 9.68 Å². The van der Waals surface area contributed by atoms with Gasteiger partial charge in [0.25, 0.3) is 0 Å². The predicted octanol–water partition coefficient (Wildman–Crippen LogP) is 3.43. The quantitative estimate of drug-likeness (QED) is 0.682. The van der Waals surface area contributed by atoms with Crippen LogP contribution in [0.2, 0.25) is 0 Å². The zero-order chi connectivity index (χ0) is 10.1. The molecule has 2 aromatic rings. The van der Waals surface area contributed by atoms with Crippen molar-refractivity contribution in [3.63, 3.8) is 0 Å². The minimum absolute atomic E-state index is 0.447. The van der Waals surface area contributed by atoms with E-state index in [-0.39, 0.29) is 0 Å². The van der Waals surface area contributed by atoms with Crippen molar-refractivity contribution < 1.29 is 4.42 Å². The molecular weight excluding hydrogens is 174 g/mol. The van der Waals surface area contributed by atoms with Gasteiger partial charge in [-0.25, -0.2) is 0 Å². The summed E-state index contributed by atoms with van der Waals surface area (Å²) in [6, 6.07) is 7.87. The van der Waals surface area contributed by atoms with Crippen LogP contribution in [-0.4, -0.2) is 0 Å². The Morgan fingerprint density at radius 1 is 1.29 bits per heavy atom. The Morgan fingerprint density at radius 3 is 2.71 bits per heavy atom. The van der Waals surface area contributed by atoms with Gasteiger partial charge in [0.2, 0.25) is 0 Å². The maximum atomic E-state index is 8.87. The zero-order valence-electron chi connectivity index (χ0n) is 8.24. The molecule has 0 aliphatic carbocycles. The number of fused-ring (bicyclic) bond motifs is 1. The summed E-state index contributed by atoms with van der Waals surface area (Å²) in [6.45, 7) is 4.27. The van der Waals surface area contributed by atoms with E-state index in [0.717, 1.165) is 5.39 Å². The zero-order valence-corrected chi connectivity index (χ0v) is 8.24. The van der Waals surface area contributed by atoms with E-state index in [9.17, 15) is 0 Å². The van der Waals surface area contributed by atoms with Crippen molar-refractivity contribution in [2.24, 2.45) is 0 Å². The molecule has 0 spiro atoms. The normalized spacial score (nSPS) is 10.7. The van der Waals surface area contributed by atoms with Crippen LogP contribution in [0.4, 0.5) is 0 Å². The highest BCUT2D eigenvalue weighted by Crippen LogP contribution is 2.28. The highest BCUT2D eigenvalue weighted by atomic mass is 16.3. The third-order valence-electron chi connectivity index (χ3n) is 2.39. The predicted molar refractivity (Wildman–Crippen MR) is 55.0 cm³/mol. The number of furan rings is 1. The lowest BCUT2D eigenvalue weighted by Crippen LogP contribution is -1.88. The van der Waals surface area contributed by atoms with E-state index in [0.29, 0.717) is 17.1 Å². The second-order valence-corrected chi connectivity index (χ2v) is 3.63. The minimum atomic E-state index is 0.447. The van der Waals surface area contributed by atoms with Crippen molar-refractivity contribution in [1.29, 1.82) is 5.26 Å². The van der Waals surface area contributed by atoms with Gasteiger partial charge in [-0.15, -0.1) is 0 Å². The monoisotopic (exact) mass is 185 g/mol. The maximum absolute atomic E-state index is 8.87. The number of benzene rings is 1. The fraction of sp³-hybridized carbons (Fsp3) is 0.250. The Hall–Kier alpha value is -1.75.